The number of ether oxygens (including phenoxy) is 1. The molecule has 2 heterocycles. The van der Waals surface area contributed by atoms with Gasteiger partial charge in [-0.15, -0.1) is 9.24 Å². The number of anilines is 1. The summed E-state index contributed by atoms with van der Waals surface area (Å²) in [5, 5.41) is 0. The molecule has 2 rings (SSSR count). The second-order valence-corrected chi connectivity index (χ2v) is 3.81. The van der Waals surface area contributed by atoms with Gasteiger partial charge >= 0.3 is 0 Å². The highest BCUT2D eigenvalue weighted by Crippen LogP contribution is 2.14. The van der Waals surface area contributed by atoms with Crippen LogP contribution in [0.1, 0.15) is 6.92 Å². The molecule has 0 aliphatic carbocycles. The number of imidazole rings is 1. The Kier molecular flexibility index (Phi) is 4.74. The molecule has 0 aromatic carbocycles. The Morgan fingerprint density at radius 1 is 1.47 bits per heavy atom. The second-order valence-electron chi connectivity index (χ2n) is 3.47. The number of aromatic nitrogens is 4. The van der Waals surface area contributed by atoms with Gasteiger partial charge in [-0.05, 0) is 6.92 Å². The van der Waals surface area contributed by atoms with Crippen molar-refractivity contribution in [1.82, 2.24) is 19.5 Å². The SMILES string of the molecule is CC(Cn1cnc2c(N)ncnc21)OCP.O. The quantitative estimate of drug-likeness (QED) is 0.764. The Morgan fingerprint density at radius 2 is 2.24 bits per heavy atom. The lowest BCUT2D eigenvalue weighted by Crippen LogP contribution is -2.15. The van der Waals surface area contributed by atoms with Gasteiger partial charge in [0.25, 0.3) is 0 Å². The van der Waals surface area contributed by atoms with Crippen LogP contribution in [0.25, 0.3) is 11.2 Å². The Bertz CT molecular complexity index is 489. The van der Waals surface area contributed by atoms with Gasteiger partial charge in [0.1, 0.15) is 11.8 Å². The molecule has 0 amide bonds. The van der Waals surface area contributed by atoms with Crippen molar-refractivity contribution in [1.29, 1.82) is 0 Å². The standard InChI is InChI=1S/C9H14N5OP.H2O/c1-6(15-5-16)2-14-4-13-7-8(10)11-3-12-9(7)14;/h3-4,6H,2,5,16H2,1H3,(H2,10,11,12);1H2. The maximum absolute atomic E-state index is 5.70. The van der Waals surface area contributed by atoms with Crippen LogP contribution in [0, 0.1) is 0 Å². The fourth-order valence-electron chi connectivity index (χ4n) is 1.53. The summed E-state index contributed by atoms with van der Waals surface area (Å²) >= 11 is 0. The van der Waals surface area contributed by atoms with E-state index in [-0.39, 0.29) is 11.6 Å². The minimum Gasteiger partial charge on any atom is -0.412 e. The van der Waals surface area contributed by atoms with Crippen LogP contribution in [0.2, 0.25) is 0 Å². The smallest absolute Gasteiger partial charge is 0.165 e. The highest BCUT2D eigenvalue weighted by Gasteiger charge is 2.10. The van der Waals surface area contributed by atoms with Crippen molar-refractivity contribution in [2.45, 2.75) is 19.6 Å². The maximum atomic E-state index is 5.70. The minimum atomic E-state index is 0. The van der Waals surface area contributed by atoms with E-state index in [1.165, 1.54) is 6.33 Å². The van der Waals surface area contributed by atoms with Crippen LogP contribution >= 0.6 is 9.24 Å². The summed E-state index contributed by atoms with van der Waals surface area (Å²) in [6.07, 6.45) is 3.87. The second kappa shape index (κ2) is 5.86. The third-order valence-corrected chi connectivity index (χ3v) is 2.46. The number of nitrogens with zero attached hydrogens (tertiary/aromatic N) is 4. The topological polar surface area (TPSA) is 110 Å². The molecule has 0 aliphatic rings. The molecular weight excluding hydrogens is 241 g/mol. The number of rotatable bonds is 4. The van der Waals surface area contributed by atoms with E-state index in [1.807, 2.05) is 11.5 Å². The van der Waals surface area contributed by atoms with E-state index in [2.05, 4.69) is 24.2 Å². The van der Waals surface area contributed by atoms with E-state index in [9.17, 15) is 0 Å². The first kappa shape index (κ1) is 13.8. The van der Waals surface area contributed by atoms with Crippen molar-refractivity contribution in [3.63, 3.8) is 0 Å². The molecule has 0 aliphatic heterocycles. The van der Waals surface area contributed by atoms with Crippen LogP contribution in [0.3, 0.4) is 0 Å². The van der Waals surface area contributed by atoms with Gasteiger partial charge in [0.2, 0.25) is 0 Å². The van der Waals surface area contributed by atoms with E-state index in [4.69, 9.17) is 10.5 Å². The summed E-state index contributed by atoms with van der Waals surface area (Å²) in [6.45, 7) is 2.70. The lowest BCUT2D eigenvalue weighted by Gasteiger charge is -2.12. The van der Waals surface area contributed by atoms with Gasteiger partial charge in [0.15, 0.2) is 11.5 Å². The first-order valence-electron chi connectivity index (χ1n) is 4.95. The van der Waals surface area contributed by atoms with Gasteiger partial charge in [-0.2, -0.15) is 0 Å². The first-order chi connectivity index (χ1) is 7.72. The lowest BCUT2D eigenvalue weighted by atomic mass is 10.4. The highest BCUT2D eigenvalue weighted by atomic mass is 31.0. The van der Waals surface area contributed by atoms with E-state index >= 15 is 0 Å². The van der Waals surface area contributed by atoms with E-state index in [1.54, 1.807) is 6.33 Å². The van der Waals surface area contributed by atoms with Gasteiger partial charge in [-0.3, -0.25) is 0 Å². The average molecular weight is 257 g/mol. The van der Waals surface area contributed by atoms with Gasteiger partial charge in [-0.25, -0.2) is 15.0 Å². The molecule has 4 N–H and O–H groups in total. The molecule has 0 saturated carbocycles. The van der Waals surface area contributed by atoms with E-state index in [0.717, 1.165) is 5.65 Å². The molecule has 0 spiro atoms. The van der Waals surface area contributed by atoms with Gasteiger partial charge in [0.05, 0.1) is 25.3 Å². The van der Waals surface area contributed by atoms with Crippen LogP contribution in [0.4, 0.5) is 5.82 Å². The van der Waals surface area contributed by atoms with Crippen molar-refractivity contribution >= 4 is 26.2 Å². The molecule has 94 valence electrons. The Labute approximate surface area is 101 Å². The molecule has 7 nitrogen and oxygen atoms in total. The summed E-state index contributed by atoms with van der Waals surface area (Å²) in [4.78, 5) is 12.2. The summed E-state index contributed by atoms with van der Waals surface area (Å²) in [7, 11) is 2.53. The number of nitrogen functional groups attached to an aromatic ring is 1. The molecule has 0 saturated heterocycles. The molecule has 17 heavy (non-hydrogen) atoms. The normalized spacial score (nSPS) is 12.4. The fraction of sp³-hybridized carbons (Fsp3) is 0.444. The van der Waals surface area contributed by atoms with Crippen LogP contribution in [-0.4, -0.2) is 37.4 Å². The minimum absolute atomic E-state index is 0. The van der Waals surface area contributed by atoms with E-state index in [0.29, 0.717) is 24.2 Å². The Morgan fingerprint density at radius 3 is 2.94 bits per heavy atom. The molecule has 2 aromatic heterocycles. The monoisotopic (exact) mass is 257 g/mol. The summed E-state index contributed by atoms with van der Waals surface area (Å²) in [5.74, 6) is 0.406. The molecule has 0 fully saturated rings. The van der Waals surface area contributed by atoms with Crippen LogP contribution in [0.5, 0.6) is 0 Å². The van der Waals surface area contributed by atoms with Crippen LogP contribution < -0.4 is 5.73 Å². The average Bonchev–Trinajstić information content (AvgIpc) is 2.64. The zero-order valence-corrected chi connectivity index (χ0v) is 10.7. The predicted molar refractivity (Wildman–Crippen MR) is 68.5 cm³/mol. The molecule has 2 aromatic rings. The lowest BCUT2D eigenvalue weighted by molar-refractivity contribution is 0.0912. The number of hydrogen-bond acceptors (Lipinski definition) is 5. The van der Waals surface area contributed by atoms with Crippen molar-refractivity contribution in [3.05, 3.63) is 12.7 Å². The summed E-state index contributed by atoms with van der Waals surface area (Å²) in [6, 6.07) is 0. The zero-order valence-electron chi connectivity index (χ0n) is 9.50. The summed E-state index contributed by atoms with van der Waals surface area (Å²) < 4.78 is 7.35. The number of nitrogens with two attached hydrogens (primary N) is 1. The molecule has 2 unspecified atom stereocenters. The van der Waals surface area contributed by atoms with Crippen molar-refractivity contribution in [3.8, 4) is 0 Å². The van der Waals surface area contributed by atoms with Gasteiger partial charge < -0.3 is 20.5 Å². The summed E-state index contributed by atoms with van der Waals surface area (Å²) in [5.41, 5.74) is 7.08. The van der Waals surface area contributed by atoms with Gasteiger partial charge in [-0.1, -0.05) is 0 Å². The maximum Gasteiger partial charge on any atom is 0.165 e. The Balaban J connectivity index is 0.00000144. The first-order valence-corrected chi connectivity index (χ1v) is 5.77. The van der Waals surface area contributed by atoms with Crippen LogP contribution in [0.15, 0.2) is 12.7 Å². The third-order valence-electron chi connectivity index (χ3n) is 2.26. The predicted octanol–water partition coefficient (Wildman–Crippen LogP) is -0.179. The highest BCUT2D eigenvalue weighted by molar-refractivity contribution is 7.16. The van der Waals surface area contributed by atoms with Crippen molar-refractivity contribution in [2.24, 2.45) is 0 Å². The molecular formula is C9H16N5O2P. The largest absolute Gasteiger partial charge is 0.412 e. The van der Waals surface area contributed by atoms with Crippen LogP contribution in [-0.2, 0) is 11.3 Å². The van der Waals surface area contributed by atoms with Gasteiger partial charge in [0, 0.05) is 0 Å². The van der Waals surface area contributed by atoms with E-state index < -0.39 is 0 Å². The van der Waals surface area contributed by atoms with Crippen molar-refractivity contribution < 1.29 is 10.2 Å². The fourth-order valence-corrected chi connectivity index (χ4v) is 1.85. The zero-order chi connectivity index (χ0) is 11.5. The molecule has 0 bridgehead atoms. The molecule has 8 heteroatoms. The molecule has 0 radical (unpaired) electrons. The number of fused-ring (bicyclic) bond motifs is 1. The third kappa shape index (κ3) is 2.88. The Hall–Kier alpha value is -1.30. The van der Waals surface area contributed by atoms with Crippen molar-refractivity contribution in [2.75, 3.05) is 12.1 Å². The molecule has 2 atom stereocenters. The number of hydrogen-bond donors (Lipinski definition) is 1.